The number of aryl methyl sites for hydroxylation is 3. The summed E-state index contributed by atoms with van der Waals surface area (Å²) in [5.41, 5.74) is 2.56. The minimum absolute atomic E-state index is 0.120. The summed E-state index contributed by atoms with van der Waals surface area (Å²) in [5.74, 6) is 3.91. The number of furan rings is 2. The maximum Gasteiger partial charge on any atom is 0.115 e. The molecule has 0 saturated carbocycles. The van der Waals surface area contributed by atoms with Gasteiger partial charge in [-0.1, -0.05) is 29.8 Å². The van der Waals surface area contributed by atoms with E-state index in [9.17, 15) is 0 Å². The standard InChI is InChI=1S/C19H20O2/c1-13-4-8-16(9-5-13)12-17(18-10-6-14(2)20-18)19-11-7-15(3)21-19/h4-11,17H,12H2,1-3H3. The highest BCUT2D eigenvalue weighted by Crippen LogP contribution is 2.31. The molecule has 0 bridgehead atoms. The third kappa shape index (κ3) is 3.10. The van der Waals surface area contributed by atoms with E-state index in [-0.39, 0.29) is 5.92 Å². The van der Waals surface area contributed by atoms with Crippen LogP contribution in [0.3, 0.4) is 0 Å². The number of benzene rings is 1. The average Bonchev–Trinajstić information content (AvgIpc) is 3.07. The number of rotatable bonds is 4. The lowest BCUT2D eigenvalue weighted by atomic mass is 9.94. The van der Waals surface area contributed by atoms with Crippen LogP contribution in [0.5, 0.6) is 0 Å². The van der Waals surface area contributed by atoms with Crippen molar-refractivity contribution in [3.63, 3.8) is 0 Å². The van der Waals surface area contributed by atoms with Gasteiger partial charge in [0.2, 0.25) is 0 Å². The van der Waals surface area contributed by atoms with E-state index in [2.05, 4.69) is 31.2 Å². The minimum atomic E-state index is 0.120. The first-order valence-electron chi connectivity index (χ1n) is 7.30. The Morgan fingerprint density at radius 2 is 1.24 bits per heavy atom. The van der Waals surface area contributed by atoms with Crippen LogP contribution in [0.1, 0.15) is 40.1 Å². The predicted molar refractivity (Wildman–Crippen MR) is 83.6 cm³/mol. The second-order valence-corrected chi connectivity index (χ2v) is 5.64. The predicted octanol–water partition coefficient (Wildman–Crippen LogP) is 5.17. The van der Waals surface area contributed by atoms with E-state index in [4.69, 9.17) is 8.83 Å². The first kappa shape index (κ1) is 13.7. The molecule has 0 fully saturated rings. The van der Waals surface area contributed by atoms with Gasteiger partial charge < -0.3 is 8.83 Å². The van der Waals surface area contributed by atoms with E-state index in [1.54, 1.807) is 0 Å². The van der Waals surface area contributed by atoms with Gasteiger partial charge in [-0.3, -0.25) is 0 Å². The van der Waals surface area contributed by atoms with Gasteiger partial charge in [-0.15, -0.1) is 0 Å². The van der Waals surface area contributed by atoms with E-state index >= 15 is 0 Å². The zero-order valence-electron chi connectivity index (χ0n) is 12.7. The van der Waals surface area contributed by atoms with Gasteiger partial charge in [-0.2, -0.15) is 0 Å². The molecule has 0 aliphatic rings. The molecule has 3 aromatic rings. The summed E-state index contributed by atoms with van der Waals surface area (Å²) < 4.78 is 11.7. The van der Waals surface area contributed by atoms with Crippen molar-refractivity contribution >= 4 is 0 Å². The first-order valence-corrected chi connectivity index (χ1v) is 7.30. The lowest BCUT2D eigenvalue weighted by Gasteiger charge is -2.13. The molecule has 0 atom stereocenters. The van der Waals surface area contributed by atoms with Crippen LogP contribution in [-0.4, -0.2) is 0 Å². The van der Waals surface area contributed by atoms with Crippen molar-refractivity contribution in [2.45, 2.75) is 33.1 Å². The topological polar surface area (TPSA) is 26.3 Å². The largest absolute Gasteiger partial charge is 0.466 e. The zero-order valence-corrected chi connectivity index (χ0v) is 12.7. The maximum atomic E-state index is 5.85. The summed E-state index contributed by atoms with van der Waals surface area (Å²) in [5, 5.41) is 0. The van der Waals surface area contributed by atoms with Crippen LogP contribution in [-0.2, 0) is 6.42 Å². The van der Waals surface area contributed by atoms with E-state index in [0.29, 0.717) is 0 Å². The Kier molecular flexibility index (Phi) is 3.70. The minimum Gasteiger partial charge on any atom is -0.466 e. The van der Waals surface area contributed by atoms with Crippen LogP contribution in [0, 0.1) is 20.8 Å². The van der Waals surface area contributed by atoms with Crippen molar-refractivity contribution < 1.29 is 8.83 Å². The Balaban J connectivity index is 1.94. The monoisotopic (exact) mass is 280 g/mol. The SMILES string of the molecule is Cc1ccc(CC(c2ccc(C)o2)c2ccc(C)o2)cc1. The number of hydrogen-bond donors (Lipinski definition) is 0. The van der Waals surface area contributed by atoms with Crippen LogP contribution < -0.4 is 0 Å². The molecule has 0 N–H and O–H groups in total. The quantitative estimate of drug-likeness (QED) is 0.658. The van der Waals surface area contributed by atoms with Gasteiger partial charge in [0.05, 0.1) is 5.92 Å². The van der Waals surface area contributed by atoms with Gasteiger partial charge in [0, 0.05) is 0 Å². The summed E-state index contributed by atoms with van der Waals surface area (Å²) >= 11 is 0. The average molecular weight is 280 g/mol. The summed E-state index contributed by atoms with van der Waals surface area (Å²) in [6, 6.07) is 16.8. The summed E-state index contributed by atoms with van der Waals surface area (Å²) in [7, 11) is 0. The lowest BCUT2D eigenvalue weighted by molar-refractivity contribution is 0.406. The smallest absolute Gasteiger partial charge is 0.115 e. The van der Waals surface area contributed by atoms with E-state index in [1.165, 1.54) is 11.1 Å². The maximum absolute atomic E-state index is 5.85. The first-order chi connectivity index (χ1) is 10.1. The molecule has 2 aromatic heterocycles. The molecule has 3 rings (SSSR count). The molecule has 0 aliphatic heterocycles. The third-order valence-electron chi connectivity index (χ3n) is 3.77. The fourth-order valence-electron chi connectivity index (χ4n) is 2.58. The van der Waals surface area contributed by atoms with Gasteiger partial charge in [-0.05, 0) is 57.0 Å². The molecular weight excluding hydrogens is 260 g/mol. The second-order valence-electron chi connectivity index (χ2n) is 5.64. The molecule has 2 nitrogen and oxygen atoms in total. The molecule has 21 heavy (non-hydrogen) atoms. The fraction of sp³-hybridized carbons (Fsp3) is 0.263. The van der Waals surface area contributed by atoms with Gasteiger partial charge in [0.1, 0.15) is 23.0 Å². The molecule has 0 spiro atoms. The molecular formula is C19H20O2. The molecule has 2 heteroatoms. The van der Waals surface area contributed by atoms with Crippen LogP contribution >= 0.6 is 0 Å². The number of hydrogen-bond acceptors (Lipinski definition) is 2. The van der Waals surface area contributed by atoms with E-state index < -0.39 is 0 Å². The van der Waals surface area contributed by atoms with Crippen molar-refractivity contribution in [2.24, 2.45) is 0 Å². The van der Waals surface area contributed by atoms with E-state index in [1.807, 2.05) is 38.1 Å². The van der Waals surface area contributed by atoms with Crippen LogP contribution in [0.15, 0.2) is 57.4 Å². The van der Waals surface area contributed by atoms with Crippen LogP contribution in [0.25, 0.3) is 0 Å². The molecule has 1 aromatic carbocycles. The zero-order chi connectivity index (χ0) is 14.8. The van der Waals surface area contributed by atoms with Crippen molar-refractivity contribution in [1.82, 2.24) is 0 Å². The summed E-state index contributed by atoms with van der Waals surface area (Å²) in [6.07, 6.45) is 0.875. The molecule has 0 saturated heterocycles. The fourth-order valence-corrected chi connectivity index (χ4v) is 2.58. The molecule has 0 unspecified atom stereocenters. The highest BCUT2D eigenvalue weighted by Gasteiger charge is 2.21. The molecule has 0 aliphatic carbocycles. The van der Waals surface area contributed by atoms with Gasteiger partial charge in [0.15, 0.2) is 0 Å². The van der Waals surface area contributed by atoms with Crippen molar-refractivity contribution in [3.05, 3.63) is 82.7 Å². The Labute approximate surface area is 125 Å². The molecule has 0 radical (unpaired) electrons. The normalized spacial score (nSPS) is 11.2. The molecule has 108 valence electrons. The van der Waals surface area contributed by atoms with Crippen LogP contribution in [0.4, 0.5) is 0 Å². The van der Waals surface area contributed by atoms with E-state index in [0.717, 1.165) is 29.5 Å². The molecule has 2 heterocycles. The van der Waals surface area contributed by atoms with Crippen LogP contribution in [0.2, 0.25) is 0 Å². The Morgan fingerprint density at radius 1 is 0.714 bits per heavy atom. The Bertz CT molecular complexity index is 676. The van der Waals surface area contributed by atoms with Crippen molar-refractivity contribution in [2.75, 3.05) is 0 Å². The third-order valence-corrected chi connectivity index (χ3v) is 3.77. The lowest BCUT2D eigenvalue weighted by Crippen LogP contribution is -2.03. The second kappa shape index (κ2) is 5.65. The van der Waals surface area contributed by atoms with Gasteiger partial charge >= 0.3 is 0 Å². The highest BCUT2D eigenvalue weighted by atomic mass is 16.4. The Hall–Kier alpha value is -2.22. The van der Waals surface area contributed by atoms with Gasteiger partial charge in [0.25, 0.3) is 0 Å². The van der Waals surface area contributed by atoms with Gasteiger partial charge in [-0.25, -0.2) is 0 Å². The summed E-state index contributed by atoms with van der Waals surface area (Å²) in [4.78, 5) is 0. The van der Waals surface area contributed by atoms with Crippen molar-refractivity contribution in [1.29, 1.82) is 0 Å². The highest BCUT2D eigenvalue weighted by molar-refractivity contribution is 5.28. The van der Waals surface area contributed by atoms with Crippen molar-refractivity contribution in [3.8, 4) is 0 Å². The molecule has 0 amide bonds. The Morgan fingerprint density at radius 3 is 1.67 bits per heavy atom. The summed E-state index contributed by atoms with van der Waals surface area (Å²) in [6.45, 7) is 6.05.